The molecule has 0 aliphatic rings. The Morgan fingerprint density at radius 3 is 2.00 bits per heavy atom. The van der Waals surface area contributed by atoms with Crippen molar-refractivity contribution in [1.29, 1.82) is 0 Å². The maximum absolute atomic E-state index is 5.70. The molecule has 358 valence electrons. The molecule has 8 aromatic carbocycles. The van der Waals surface area contributed by atoms with Crippen LogP contribution in [0, 0.1) is 27.1 Å². The molecule has 0 spiro atoms. The van der Waals surface area contributed by atoms with E-state index in [9.17, 15) is 0 Å². The number of benzene rings is 8. The summed E-state index contributed by atoms with van der Waals surface area (Å²) in [5.74, 6) is 0.865. The molecular weight excluding hydrogens is 889 g/mol. The van der Waals surface area contributed by atoms with E-state index < -0.39 is 0 Å². The summed E-state index contributed by atoms with van der Waals surface area (Å²) in [5.41, 5.74) is 23.1. The second-order valence-electron chi connectivity index (χ2n) is 22.2. The zero-order chi connectivity index (χ0) is 50.3. The highest BCUT2D eigenvalue weighted by Gasteiger charge is 2.26. The number of rotatable bonds is 8. The molecule has 12 rings (SSSR count). The van der Waals surface area contributed by atoms with Crippen molar-refractivity contribution in [2.75, 3.05) is 0 Å². The normalized spacial score (nSPS) is 12.2. The average molecular weight is 949 g/mol. The van der Waals surface area contributed by atoms with Crippen LogP contribution in [-0.2, 0) is 17.3 Å². The predicted molar refractivity (Wildman–Crippen MR) is 303 cm³/mol. The zero-order valence-corrected chi connectivity index (χ0v) is 43.3. The summed E-state index contributed by atoms with van der Waals surface area (Å²) >= 11 is 0. The number of aryl methyl sites for hydroxylation is 3. The third-order valence-electron chi connectivity index (χ3n) is 14.8. The van der Waals surface area contributed by atoms with Gasteiger partial charge in [-0.15, -0.1) is 0 Å². The second-order valence-corrected chi connectivity index (χ2v) is 22.2. The third kappa shape index (κ3) is 8.23. The van der Waals surface area contributed by atoms with Crippen LogP contribution in [0.1, 0.15) is 80.5 Å². The Bertz CT molecular complexity index is 4090. The van der Waals surface area contributed by atoms with Crippen LogP contribution in [0.2, 0.25) is 0 Å². The summed E-state index contributed by atoms with van der Waals surface area (Å²) < 4.78 is 12.6. The molecule has 0 amide bonds. The molecule has 0 radical (unpaired) electrons. The molecule has 0 fully saturated rings. The lowest BCUT2D eigenvalue weighted by molar-refractivity contribution is -0.571. The van der Waals surface area contributed by atoms with E-state index in [0.29, 0.717) is 0 Å². The highest BCUT2D eigenvalue weighted by Crippen LogP contribution is 2.41. The zero-order valence-electron chi connectivity index (χ0n) is 43.3. The number of imidazole rings is 1. The van der Waals surface area contributed by atoms with E-state index in [0.717, 1.165) is 62.2 Å². The smallest absolute Gasteiger partial charge is 0.269 e. The van der Waals surface area contributed by atoms with E-state index in [1.165, 1.54) is 77.5 Å². The largest absolute Gasteiger partial charge is 0.463 e. The van der Waals surface area contributed by atoms with Gasteiger partial charge < -0.3 is 4.42 Å². The number of para-hydroxylation sites is 3. The average Bonchev–Trinajstić information content (AvgIpc) is 4.09. The van der Waals surface area contributed by atoms with E-state index in [-0.39, 0.29) is 10.8 Å². The summed E-state index contributed by atoms with van der Waals surface area (Å²) in [4.78, 5) is 4.93. The third-order valence-corrected chi connectivity index (χ3v) is 14.8. The van der Waals surface area contributed by atoms with Gasteiger partial charge in [-0.05, 0) is 141 Å². The van der Waals surface area contributed by atoms with Gasteiger partial charge >= 0.3 is 0 Å². The Morgan fingerprint density at radius 2 is 1.23 bits per heavy atom. The molecule has 0 N–H and O–H groups in total. The molecule has 73 heavy (non-hydrogen) atoms. The number of fused-ring (bicyclic) bond motifs is 5. The second kappa shape index (κ2) is 17.5. The first-order valence-corrected chi connectivity index (χ1v) is 25.5. The first kappa shape index (κ1) is 45.8. The van der Waals surface area contributed by atoms with Crippen LogP contribution in [-0.4, -0.2) is 14.1 Å². The number of furan rings is 1. The molecule has 0 atom stereocenters. The number of aromatic nitrogens is 4. The van der Waals surface area contributed by atoms with Crippen molar-refractivity contribution in [2.45, 2.75) is 79.6 Å². The molecule has 5 nitrogen and oxygen atoms in total. The van der Waals surface area contributed by atoms with Crippen LogP contribution in [0.3, 0.4) is 0 Å². The van der Waals surface area contributed by atoms with Gasteiger partial charge in [-0.25, -0.2) is 4.98 Å². The van der Waals surface area contributed by atoms with E-state index in [4.69, 9.17) is 9.40 Å². The fraction of sp³-hybridized carbons (Fsp3) is 0.176. The lowest BCUT2D eigenvalue weighted by Crippen LogP contribution is -2.32. The molecule has 0 saturated heterocycles. The Labute approximate surface area is 428 Å². The van der Waals surface area contributed by atoms with Gasteiger partial charge in [0.15, 0.2) is 5.58 Å². The van der Waals surface area contributed by atoms with Gasteiger partial charge in [-0.2, -0.15) is 0 Å². The van der Waals surface area contributed by atoms with Gasteiger partial charge in [0.05, 0.1) is 45.9 Å². The monoisotopic (exact) mass is 948 g/mol. The number of nitrogens with zero attached hydrogens (tertiary/aromatic N) is 4. The van der Waals surface area contributed by atoms with E-state index >= 15 is 0 Å². The lowest BCUT2D eigenvalue weighted by atomic mass is 9.81. The first-order chi connectivity index (χ1) is 35.2. The SMILES string of the molecule is Cc1cc(C)c(-c2cc(Cc3ccc4c5ccccc5n(-c5cc6ccoc6cn5)c4c3)cc(-n3[c-][n+](-c4c(-c5ccccc5)cc(C(C)(C)C)cc4-c4cccc(C(C)(C)C)c4)c4ccccc43)c2)c(C)c1. The summed E-state index contributed by atoms with van der Waals surface area (Å²) in [6.07, 6.45) is 8.32. The lowest BCUT2D eigenvalue weighted by Gasteiger charge is -2.26. The highest BCUT2D eigenvalue weighted by molar-refractivity contribution is 6.09. The van der Waals surface area contributed by atoms with Gasteiger partial charge in [0.2, 0.25) is 0 Å². The van der Waals surface area contributed by atoms with Crippen LogP contribution in [0.25, 0.3) is 94.4 Å². The van der Waals surface area contributed by atoms with Crippen LogP contribution < -0.4 is 4.57 Å². The van der Waals surface area contributed by atoms with Crippen LogP contribution in [0.15, 0.2) is 193 Å². The number of hydrogen-bond donors (Lipinski definition) is 0. The summed E-state index contributed by atoms with van der Waals surface area (Å²) in [6.45, 7) is 20.5. The summed E-state index contributed by atoms with van der Waals surface area (Å²) in [6, 6.07) is 65.2. The fourth-order valence-corrected chi connectivity index (χ4v) is 11.2. The van der Waals surface area contributed by atoms with Gasteiger partial charge in [-0.3, -0.25) is 13.7 Å². The molecule has 5 heteroatoms. The van der Waals surface area contributed by atoms with Crippen molar-refractivity contribution >= 4 is 43.8 Å². The van der Waals surface area contributed by atoms with Crippen LogP contribution in [0.5, 0.6) is 0 Å². The Morgan fingerprint density at radius 1 is 0.548 bits per heavy atom. The predicted octanol–water partition coefficient (Wildman–Crippen LogP) is 17.1. The molecule has 4 heterocycles. The number of pyridine rings is 1. The Kier molecular flexibility index (Phi) is 11.0. The number of hydrogen-bond acceptors (Lipinski definition) is 2. The minimum Gasteiger partial charge on any atom is -0.463 e. The Hall–Kier alpha value is -8.28. The molecule has 0 unspecified atom stereocenters. The first-order valence-electron chi connectivity index (χ1n) is 25.5. The molecule has 4 aromatic heterocycles. The highest BCUT2D eigenvalue weighted by atomic mass is 16.3. The van der Waals surface area contributed by atoms with E-state index in [2.05, 4.69) is 252 Å². The van der Waals surface area contributed by atoms with Crippen molar-refractivity contribution in [3.8, 4) is 50.6 Å². The van der Waals surface area contributed by atoms with Crippen LogP contribution in [0.4, 0.5) is 0 Å². The van der Waals surface area contributed by atoms with Crippen molar-refractivity contribution in [3.05, 3.63) is 234 Å². The minimum absolute atomic E-state index is 0.0246. The summed E-state index contributed by atoms with van der Waals surface area (Å²) in [7, 11) is 0. The van der Waals surface area contributed by atoms with E-state index in [1.807, 2.05) is 12.3 Å². The molecule has 0 saturated carbocycles. The molecule has 0 bridgehead atoms. The molecule has 0 aliphatic heterocycles. The van der Waals surface area contributed by atoms with Gasteiger partial charge in [-0.1, -0.05) is 187 Å². The van der Waals surface area contributed by atoms with Crippen LogP contribution >= 0.6 is 0 Å². The topological polar surface area (TPSA) is 39.8 Å². The maximum Gasteiger partial charge on any atom is 0.269 e. The van der Waals surface area contributed by atoms with E-state index in [1.54, 1.807) is 6.26 Å². The van der Waals surface area contributed by atoms with Crippen molar-refractivity contribution in [2.24, 2.45) is 0 Å². The standard InChI is InChI=1S/C68H60N4O/c1-43-30-44(2)65(45(3)31-43)51-33-47(32-46-26-27-56-55-22-13-14-23-59(55)72(62(56)35-46)64-38-50-28-29-73-63(50)41-69-64)34-54(37-51)70-42-71(61-25-16-15-24-60(61)70)66-57(48-18-11-10-12-19-48)39-53(68(7,8)9)40-58(66)49-20-17-21-52(36-49)67(4,5)6/h10-31,33-41H,32H2,1-9H3. The summed E-state index contributed by atoms with van der Waals surface area (Å²) in [5, 5.41) is 3.42. The van der Waals surface area contributed by atoms with Crippen molar-refractivity contribution in [3.63, 3.8) is 0 Å². The minimum atomic E-state index is -0.101. The quantitative estimate of drug-likeness (QED) is 0.112. The Balaban J connectivity index is 1.08. The fourth-order valence-electron chi connectivity index (χ4n) is 11.2. The van der Waals surface area contributed by atoms with Crippen molar-refractivity contribution in [1.82, 2.24) is 14.1 Å². The van der Waals surface area contributed by atoms with Gasteiger partial charge in [0.1, 0.15) is 5.82 Å². The maximum atomic E-state index is 5.70. The van der Waals surface area contributed by atoms with Gasteiger partial charge in [0, 0.05) is 16.2 Å². The van der Waals surface area contributed by atoms with Crippen molar-refractivity contribution < 1.29 is 8.98 Å². The molecule has 12 aromatic rings. The van der Waals surface area contributed by atoms with Gasteiger partial charge in [0.25, 0.3) is 6.33 Å². The molecule has 0 aliphatic carbocycles. The molecular formula is C68H60N4O.